The van der Waals surface area contributed by atoms with Crippen molar-refractivity contribution in [1.82, 2.24) is 14.5 Å². The summed E-state index contributed by atoms with van der Waals surface area (Å²) in [6, 6.07) is 7.05. The van der Waals surface area contributed by atoms with Gasteiger partial charge in [0.2, 0.25) is 15.9 Å². The number of benzene rings is 1. The van der Waals surface area contributed by atoms with Gasteiger partial charge in [-0.3, -0.25) is 9.69 Å². The van der Waals surface area contributed by atoms with Crippen LogP contribution in [0.5, 0.6) is 0 Å². The van der Waals surface area contributed by atoms with Crippen molar-refractivity contribution in [3.8, 4) is 0 Å². The average Bonchev–Trinajstić information content (AvgIpc) is 2.55. The van der Waals surface area contributed by atoms with Crippen LogP contribution in [0.15, 0.2) is 29.2 Å². The van der Waals surface area contributed by atoms with E-state index in [1.54, 1.807) is 12.1 Å². The SMILES string of the molecule is Cc1ccc(S(=O)(=O)N2CCN(CC(=O)NC(C)C(C)C)CC2)cc1. The van der Waals surface area contributed by atoms with E-state index in [4.69, 9.17) is 0 Å². The molecule has 0 radical (unpaired) electrons. The van der Waals surface area contributed by atoms with Crippen LogP contribution in [-0.4, -0.2) is 62.3 Å². The number of rotatable bonds is 6. The van der Waals surface area contributed by atoms with E-state index in [1.807, 2.05) is 30.9 Å². The Balaban J connectivity index is 1.89. The molecule has 1 aliphatic heterocycles. The largest absolute Gasteiger partial charge is 0.352 e. The highest BCUT2D eigenvalue weighted by atomic mass is 32.2. The van der Waals surface area contributed by atoms with Crippen LogP contribution in [0.25, 0.3) is 0 Å². The summed E-state index contributed by atoms with van der Waals surface area (Å²) in [4.78, 5) is 14.4. The zero-order valence-corrected chi connectivity index (χ0v) is 16.3. The summed E-state index contributed by atoms with van der Waals surface area (Å²) in [6.45, 7) is 10.3. The third-order valence-corrected chi connectivity index (χ3v) is 6.66. The molecule has 0 aromatic heterocycles. The fourth-order valence-electron chi connectivity index (χ4n) is 2.66. The molecule has 1 amide bonds. The highest BCUT2D eigenvalue weighted by Crippen LogP contribution is 2.18. The van der Waals surface area contributed by atoms with E-state index < -0.39 is 10.0 Å². The lowest BCUT2D eigenvalue weighted by atomic mass is 10.1. The molecule has 0 saturated carbocycles. The second-order valence-corrected chi connectivity index (χ2v) is 9.03. The van der Waals surface area contributed by atoms with Crippen molar-refractivity contribution in [2.24, 2.45) is 5.92 Å². The molecule has 25 heavy (non-hydrogen) atoms. The quantitative estimate of drug-likeness (QED) is 0.826. The minimum Gasteiger partial charge on any atom is -0.352 e. The molecule has 0 aliphatic carbocycles. The van der Waals surface area contributed by atoms with Crippen molar-refractivity contribution in [3.63, 3.8) is 0 Å². The lowest BCUT2D eigenvalue weighted by Crippen LogP contribution is -2.51. The first kappa shape index (κ1) is 19.9. The molecule has 1 atom stereocenters. The number of carbonyl (C=O) groups excluding carboxylic acids is 1. The Labute approximate surface area is 151 Å². The molecule has 7 heteroatoms. The van der Waals surface area contributed by atoms with Crippen LogP contribution in [-0.2, 0) is 14.8 Å². The van der Waals surface area contributed by atoms with Gasteiger partial charge in [0.1, 0.15) is 0 Å². The smallest absolute Gasteiger partial charge is 0.243 e. The fraction of sp³-hybridized carbons (Fsp3) is 0.611. The van der Waals surface area contributed by atoms with Crippen molar-refractivity contribution in [1.29, 1.82) is 0 Å². The highest BCUT2D eigenvalue weighted by Gasteiger charge is 2.29. The summed E-state index contributed by atoms with van der Waals surface area (Å²) in [5, 5.41) is 2.99. The van der Waals surface area contributed by atoms with Crippen molar-refractivity contribution in [3.05, 3.63) is 29.8 Å². The molecule has 1 aromatic rings. The maximum atomic E-state index is 12.7. The second-order valence-electron chi connectivity index (χ2n) is 7.09. The number of hydrogen-bond donors (Lipinski definition) is 1. The minimum absolute atomic E-state index is 0.00367. The standard InChI is InChI=1S/C18H29N3O3S/c1-14(2)16(4)19-18(22)13-20-9-11-21(12-10-20)25(23,24)17-7-5-15(3)6-8-17/h5-8,14,16H,9-13H2,1-4H3,(H,19,22). The zero-order chi connectivity index (χ0) is 18.6. The molecule has 1 heterocycles. The molecule has 1 aliphatic rings. The van der Waals surface area contributed by atoms with Gasteiger partial charge in [0.25, 0.3) is 0 Å². The number of carbonyl (C=O) groups is 1. The van der Waals surface area contributed by atoms with E-state index in [9.17, 15) is 13.2 Å². The van der Waals surface area contributed by atoms with Crippen LogP contribution in [0.2, 0.25) is 0 Å². The number of nitrogens with one attached hydrogen (secondary N) is 1. The number of sulfonamides is 1. The molecule has 6 nitrogen and oxygen atoms in total. The first-order valence-corrected chi connectivity index (χ1v) is 10.2. The van der Waals surface area contributed by atoms with E-state index in [2.05, 4.69) is 19.2 Å². The Morgan fingerprint density at radius 1 is 1.08 bits per heavy atom. The zero-order valence-electron chi connectivity index (χ0n) is 15.5. The number of amides is 1. The van der Waals surface area contributed by atoms with E-state index in [0.29, 0.717) is 43.5 Å². The Morgan fingerprint density at radius 3 is 2.16 bits per heavy atom. The topological polar surface area (TPSA) is 69.7 Å². The second kappa shape index (κ2) is 8.29. The van der Waals surface area contributed by atoms with Gasteiger partial charge in [-0.25, -0.2) is 8.42 Å². The third kappa shape index (κ3) is 5.26. The number of piperazine rings is 1. The third-order valence-electron chi connectivity index (χ3n) is 4.75. The summed E-state index contributed by atoms with van der Waals surface area (Å²) < 4.78 is 26.9. The van der Waals surface area contributed by atoms with Crippen LogP contribution in [0.4, 0.5) is 0 Å². The van der Waals surface area contributed by atoms with Gasteiger partial charge in [-0.15, -0.1) is 0 Å². The minimum atomic E-state index is -3.45. The van der Waals surface area contributed by atoms with Gasteiger partial charge < -0.3 is 5.32 Å². The molecule has 140 valence electrons. The molecule has 1 saturated heterocycles. The van der Waals surface area contributed by atoms with Gasteiger partial charge in [-0.05, 0) is 31.9 Å². The van der Waals surface area contributed by atoms with Gasteiger partial charge in [0.15, 0.2) is 0 Å². The Kier molecular flexibility index (Phi) is 6.59. The van der Waals surface area contributed by atoms with Gasteiger partial charge in [0, 0.05) is 32.2 Å². The van der Waals surface area contributed by atoms with Crippen LogP contribution in [0.3, 0.4) is 0 Å². The molecule has 1 unspecified atom stereocenters. The summed E-state index contributed by atoms with van der Waals surface area (Å²) in [6.07, 6.45) is 0. The van der Waals surface area contributed by atoms with E-state index in [0.717, 1.165) is 5.56 Å². The van der Waals surface area contributed by atoms with Crippen molar-refractivity contribution in [2.75, 3.05) is 32.7 Å². The fourth-order valence-corrected chi connectivity index (χ4v) is 4.08. The molecule has 0 bridgehead atoms. The maximum Gasteiger partial charge on any atom is 0.243 e. The number of nitrogens with zero attached hydrogens (tertiary/aromatic N) is 2. The summed E-state index contributed by atoms with van der Waals surface area (Å²) >= 11 is 0. The summed E-state index contributed by atoms with van der Waals surface area (Å²) in [7, 11) is -3.45. The van der Waals surface area contributed by atoms with Crippen LogP contribution in [0, 0.1) is 12.8 Å². The number of hydrogen-bond acceptors (Lipinski definition) is 4. The van der Waals surface area contributed by atoms with Gasteiger partial charge >= 0.3 is 0 Å². The van der Waals surface area contributed by atoms with E-state index in [1.165, 1.54) is 4.31 Å². The van der Waals surface area contributed by atoms with E-state index in [-0.39, 0.29) is 11.9 Å². The summed E-state index contributed by atoms with van der Waals surface area (Å²) in [5.74, 6) is 0.386. The Bertz CT molecular complexity index is 678. The first-order chi connectivity index (χ1) is 11.7. The van der Waals surface area contributed by atoms with Crippen molar-refractivity contribution < 1.29 is 13.2 Å². The predicted octanol–water partition coefficient (Wildman–Crippen LogP) is 1.46. The first-order valence-electron chi connectivity index (χ1n) is 8.78. The highest BCUT2D eigenvalue weighted by molar-refractivity contribution is 7.89. The Hall–Kier alpha value is -1.44. The van der Waals surface area contributed by atoms with Crippen LogP contribution in [0.1, 0.15) is 26.3 Å². The van der Waals surface area contributed by atoms with Gasteiger partial charge in [-0.1, -0.05) is 31.5 Å². The van der Waals surface area contributed by atoms with E-state index >= 15 is 0 Å². The average molecular weight is 368 g/mol. The monoisotopic (exact) mass is 367 g/mol. The Morgan fingerprint density at radius 2 is 1.64 bits per heavy atom. The lowest BCUT2D eigenvalue weighted by Gasteiger charge is -2.33. The molecule has 0 spiro atoms. The van der Waals surface area contributed by atoms with Crippen LogP contribution >= 0.6 is 0 Å². The maximum absolute atomic E-state index is 12.7. The molecule has 2 rings (SSSR count). The van der Waals surface area contributed by atoms with Crippen molar-refractivity contribution >= 4 is 15.9 Å². The number of aryl methyl sites for hydroxylation is 1. The van der Waals surface area contributed by atoms with Gasteiger partial charge in [-0.2, -0.15) is 4.31 Å². The molecular formula is C18H29N3O3S. The lowest BCUT2D eigenvalue weighted by molar-refractivity contribution is -0.123. The predicted molar refractivity (Wildman–Crippen MR) is 98.8 cm³/mol. The van der Waals surface area contributed by atoms with Gasteiger partial charge in [0.05, 0.1) is 11.4 Å². The van der Waals surface area contributed by atoms with Crippen LogP contribution < -0.4 is 5.32 Å². The molecule has 1 N–H and O–H groups in total. The van der Waals surface area contributed by atoms with Crippen molar-refractivity contribution in [2.45, 2.75) is 38.6 Å². The molecular weight excluding hydrogens is 338 g/mol. The summed E-state index contributed by atoms with van der Waals surface area (Å²) in [5.41, 5.74) is 1.03. The normalized spacial score (nSPS) is 18.3. The molecule has 1 aromatic carbocycles. The molecule has 1 fully saturated rings.